The Balaban J connectivity index is 2.29. The van der Waals surface area contributed by atoms with E-state index in [9.17, 15) is 0 Å². The van der Waals surface area contributed by atoms with Crippen LogP contribution in [0.1, 0.15) is 5.56 Å². The smallest absolute Gasteiger partial charge is 0.100 e. The second kappa shape index (κ2) is 4.86. The zero-order chi connectivity index (χ0) is 12.5. The van der Waals surface area contributed by atoms with Crippen molar-refractivity contribution in [3.8, 4) is 5.69 Å². The summed E-state index contributed by atoms with van der Waals surface area (Å²) < 4.78 is 3.19. The van der Waals surface area contributed by atoms with Crippen LogP contribution in [0.25, 0.3) is 16.7 Å². The van der Waals surface area contributed by atoms with Crippen LogP contribution in [0, 0.1) is 0 Å². The van der Waals surface area contributed by atoms with Crippen molar-refractivity contribution >= 4 is 42.9 Å². The molecule has 0 amide bonds. The maximum atomic E-state index is 4.43. The monoisotopic (exact) mass is 364 g/mol. The minimum Gasteiger partial charge on any atom is -0.299 e. The molecule has 0 atom stereocenters. The SMILES string of the molecule is BrCc1ccc(Br)cc1-n1cnc2ccccc21. The molecule has 0 saturated carbocycles. The average molecular weight is 366 g/mol. The molecule has 90 valence electrons. The van der Waals surface area contributed by atoms with Gasteiger partial charge in [-0.3, -0.25) is 4.57 Å². The molecule has 0 aliphatic heterocycles. The molecule has 0 aliphatic carbocycles. The summed E-state index contributed by atoms with van der Waals surface area (Å²) in [7, 11) is 0. The van der Waals surface area contributed by atoms with Gasteiger partial charge in [0.25, 0.3) is 0 Å². The number of hydrogen-bond acceptors (Lipinski definition) is 1. The molecule has 4 heteroatoms. The first kappa shape index (κ1) is 11.9. The number of alkyl halides is 1. The lowest BCUT2D eigenvalue weighted by atomic mass is 10.2. The van der Waals surface area contributed by atoms with Crippen molar-refractivity contribution in [3.63, 3.8) is 0 Å². The van der Waals surface area contributed by atoms with Crippen molar-refractivity contribution in [2.45, 2.75) is 5.33 Å². The van der Waals surface area contributed by atoms with Gasteiger partial charge >= 0.3 is 0 Å². The van der Waals surface area contributed by atoms with E-state index in [4.69, 9.17) is 0 Å². The van der Waals surface area contributed by atoms with Gasteiger partial charge in [-0.05, 0) is 29.8 Å². The van der Waals surface area contributed by atoms with Gasteiger partial charge in [-0.1, -0.05) is 50.1 Å². The van der Waals surface area contributed by atoms with Crippen LogP contribution >= 0.6 is 31.9 Å². The molecule has 2 nitrogen and oxygen atoms in total. The van der Waals surface area contributed by atoms with Crippen LogP contribution in [0.2, 0.25) is 0 Å². The van der Waals surface area contributed by atoms with Crippen LogP contribution in [0.5, 0.6) is 0 Å². The number of benzene rings is 2. The maximum Gasteiger partial charge on any atom is 0.100 e. The Hall–Kier alpha value is -1.13. The van der Waals surface area contributed by atoms with Crippen molar-refractivity contribution < 1.29 is 0 Å². The van der Waals surface area contributed by atoms with Crippen molar-refractivity contribution in [2.75, 3.05) is 0 Å². The van der Waals surface area contributed by atoms with E-state index in [2.05, 4.69) is 65.7 Å². The first-order chi connectivity index (χ1) is 8.79. The summed E-state index contributed by atoms with van der Waals surface area (Å²) in [5.41, 5.74) is 4.52. The lowest BCUT2D eigenvalue weighted by Crippen LogP contribution is -1.96. The average Bonchev–Trinajstić information content (AvgIpc) is 2.82. The molecule has 18 heavy (non-hydrogen) atoms. The van der Waals surface area contributed by atoms with E-state index < -0.39 is 0 Å². The normalized spacial score (nSPS) is 11.0. The molecule has 0 N–H and O–H groups in total. The zero-order valence-electron chi connectivity index (χ0n) is 9.48. The minimum atomic E-state index is 0.822. The van der Waals surface area contributed by atoms with E-state index in [-0.39, 0.29) is 0 Å². The molecule has 1 aromatic heterocycles. The number of aromatic nitrogens is 2. The number of nitrogens with zero attached hydrogens (tertiary/aromatic N) is 2. The van der Waals surface area contributed by atoms with E-state index in [1.165, 1.54) is 5.56 Å². The molecule has 0 aliphatic rings. The van der Waals surface area contributed by atoms with Crippen LogP contribution in [-0.2, 0) is 5.33 Å². The number of fused-ring (bicyclic) bond motifs is 1. The van der Waals surface area contributed by atoms with Crippen LogP contribution in [-0.4, -0.2) is 9.55 Å². The van der Waals surface area contributed by atoms with Gasteiger partial charge in [-0.25, -0.2) is 4.98 Å². The van der Waals surface area contributed by atoms with Gasteiger partial charge in [0.1, 0.15) is 6.33 Å². The van der Waals surface area contributed by atoms with Gasteiger partial charge in [-0.2, -0.15) is 0 Å². The fraction of sp³-hybridized carbons (Fsp3) is 0.0714. The molecule has 0 bridgehead atoms. The molecule has 0 fully saturated rings. The molecule has 1 heterocycles. The first-order valence-electron chi connectivity index (χ1n) is 5.56. The molecule has 3 aromatic rings. The summed E-state index contributed by atoms with van der Waals surface area (Å²) in [6, 6.07) is 14.4. The Kier molecular flexibility index (Phi) is 3.22. The Morgan fingerprint density at radius 3 is 2.78 bits per heavy atom. The highest BCUT2D eigenvalue weighted by Crippen LogP contribution is 2.25. The third kappa shape index (κ3) is 1.99. The van der Waals surface area contributed by atoms with Crippen LogP contribution in [0.4, 0.5) is 0 Å². The molecule has 3 rings (SSSR count). The molecular weight excluding hydrogens is 356 g/mol. The Labute approximate surface area is 122 Å². The minimum absolute atomic E-state index is 0.822. The molecule has 2 aromatic carbocycles. The second-order valence-electron chi connectivity index (χ2n) is 4.01. The zero-order valence-corrected chi connectivity index (χ0v) is 12.6. The highest BCUT2D eigenvalue weighted by atomic mass is 79.9. The summed E-state index contributed by atoms with van der Waals surface area (Å²) in [6.45, 7) is 0. The lowest BCUT2D eigenvalue weighted by Gasteiger charge is -2.10. The van der Waals surface area contributed by atoms with Crippen LogP contribution < -0.4 is 0 Å². The Bertz CT molecular complexity index is 704. The molecule has 0 saturated heterocycles. The Morgan fingerprint density at radius 2 is 1.94 bits per heavy atom. The van der Waals surface area contributed by atoms with E-state index in [0.717, 1.165) is 26.5 Å². The van der Waals surface area contributed by atoms with Crippen molar-refractivity contribution in [1.29, 1.82) is 0 Å². The number of para-hydroxylation sites is 2. The van der Waals surface area contributed by atoms with Crippen molar-refractivity contribution in [2.24, 2.45) is 0 Å². The molecular formula is C14H10Br2N2. The van der Waals surface area contributed by atoms with Gasteiger partial charge in [0, 0.05) is 9.80 Å². The third-order valence-corrected chi connectivity index (χ3v) is 4.00. The van der Waals surface area contributed by atoms with Crippen LogP contribution in [0.3, 0.4) is 0 Å². The number of rotatable bonds is 2. The summed E-state index contributed by atoms with van der Waals surface area (Å²) in [4.78, 5) is 4.43. The van der Waals surface area contributed by atoms with E-state index in [1.807, 2.05) is 24.5 Å². The predicted molar refractivity (Wildman–Crippen MR) is 81.4 cm³/mol. The van der Waals surface area contributed by atoms with E-state index >= 15 is 0 Å². The van der Waals surface area contributed by atoms with Gasteiger partial charge in [0.05, 0.1) is 16.7 Å². The highest BCUT2D eigenvalue weighted by Gasteiger charge is 2.08. The lowest BCUT2D eigenvalue weighted by molar-refractivity contribution is 1.07. The molecule has 0 unspecified atom stereocenters. The first-order valence-corrected chi connectivity index (χ1v) is 7.48. The largest absolute Gasteiger partial charge is 0.299 e. The number of imidazole rings is 1. The third-order valence-electron chi connectivity index (χ3n) is 2.90. The van der Waals surface area contributed by atoms with Crippen molar-refractivity contribution in [3.05, 3.63) is 58.8 Å². The number of hydrogen-bond donors (Lipinski definition) is 0. The fourth-order valence-corrected chi connectivity index (χ4v) is 2.85. The quantitative estimate of drug-likeness (QED) is 0.602. The Morgan fingerprint density at radius 1 is 1.11 bits per heavy atom. The van der Waals surface area contributed by atoms with Gasteiger partial charge in [0.15, 0.2) is 0 Å². The van der Waals surface area contributed by atoms with E-state index in [0.29, 0.717) is 0 Å². The summed E-state index contributed by atoms with van der Waals surface area (Å²) in [5.74, 6) is 0. The highest BCUT2D eigenvalue weighted by molar-refractivity contribution is 9.10. The molecule has 0 radical (unpaired) electrons. The summed E-state index contributed by atoms with van der Waals surface area (Å²) >= 11 is 7.06. The summed E-state index contributed by atoms with van der Waals surface area (Å²) in [5, 5.41) is 0.822. The fourth-order valence-electron chi connectivity index (χ4n) is 2.03. The topological polar surface area (TPSA) is 17.8 Å². The predicted octanol–water partition coefficient (Wildman–Crippen LogP) is 4.68. The molecule has 0 spiro atoms. The van der Waals surface area contributed by atoms with Crippen molar-refractivity contribution in [1.82, 2.24) is 9.55 Å². The van der Waals surface area contributed by atoms with E-state index in [1.54, 1.807) is 0 Å². The van der Waals surface area contributed by atoms with Crippen LogP contribution in [0.15, 0.2) is 53.3 Å². The summed E-state index contributed by atoms with van der Waals surface area (Å²) in [6.07, 6.45) is 1.87. The maximum absolute atomic E-state index is 4.43. The van der Waals surface area contributed by atoms with Gasteiger partial charge in [0.2, 0.25) is 0 Å². The van der Waals surface area contributed by atoms with Gasteiger partial charge < -0.3 is 0 Å². The number of halogens is 2. The van der Waals surface area contributed by atoms with Gasteiger partial charge in [-0.15, -0.1) is 0 Å². The second-order valence-corrected chi connectivity index (χ2v) is 5.49. The standard InChI is InChI=1S/C14H10Br2N2/c15-8-10-5-6-11(16)7-14(10)18-9-17-12-3-1-2-4-13(12)18/h1-7,9H,8H2.